The standard InChI is InChI=1S/C6H10F3NO4S/c1-3-10(4-5(11)14-2)15(12,13)6(7,8)9/h3-4H2,1-2H3. The van der Waals surface area contributed by atoms with E-state index in [0.717, 1.165) is 7.11 Å². The Morgan fingerprint density at radius 1 is 1.40 bits per heavy atom. The molecule has 0 aliphatic rings. The Bertz CT molecular complexity index is 324. The van der Waals surface area contributed by atoms with Gasteiger partial charge in [0.2, 0.25) is 0 Å². The van der Waals surface area contributed by atoms with E-state index in [0.29, 0.717) is 0 Å². The highest BCUT2D eigenvalue weighted by molar-refractivity contribution is 7.90. The molecule has 0 saturated heterocycles. The number of halogens is 3. The van der Waals surface area contributed by atoms with Crippen LogP contribution in [-0.2, 0) is 19.6 Å². The van der Waals surface area contributed by atoms with Crippen molar-refractivity contribution in [2.75, 3.05) is 20.2 Å². The molecule has 0 bridgehead atoms. The van der Waals surface area contributed by atoms with Crippen LogP contribution in [0, 0.1) is 0 Å². The summed E-state index contributed by atoms with van der Waals surface area (Å²) >= 11 is 0. The number of hydrogen-bond donors (Lipinski definition) is 0. The van der Waals surface area contributed by atoms with E-state index in [2.05, 4.69) is 4.74 Å². The van der Waals surface area contributed by atoms with Gasteiger partial charge in [-0.15, -0.1) is 0 Å². The SMILES string of the molecule is CCN(CC(=O)OC)S(=O)(=O)C(F)(F)F. The lowest BCUT2D eigenvalue weighted by molar-refractivity contribution is -0.140. The third-order valence-corrected chi connectivity index (χ3v) is 3.17. The third kappa shape index (κ3) is 3.34. The van der Waals surface area contributed by atoms with Gasteiger partial charge >= 0.3 is 21.5 Å². The van der Waals surface area contributed by atoms with E-state index in [4.69, 9.17) is 0 Å². The second kappa shape index (κ2) is 4.79. The van der Waals surface area contributed by atoms with E-state index in [1.165, 1.54) is 6.92 Å². The first-order valence-corrected chi connectivity index (χ1v) is 5.24. The molecule has 0 amide bonds. The van der Waals surface area contributed by atoms with E-state index in [9.17, 15) is 26.4 Å². The first-order chi connectivity index (χ1) is 6.66. The summed E-state index contributed by atoms with van der Waals surface area (Å²) in [6.45, 7) is -0.224. The summed E-state index contributed by atoms with van der Waals surface area (Å²) in [5.74, 6) is -1.05. The molecular formula is C6H10F3NO4S. The van der Waals surface area contributed by atoms with Crippen LogP contribution in [-0.4, -0.2) is 44.4 Å². The molecular weight excluding hydrogens is 239 g/mol. The van der Waals surface area contributed by atoms with Gasteiger partial charge in [-0.3, -0.25) is 4.79 Å². The van der Waals surface area contributed by atoms with Crippen molar-refractivity contribution < 1.29 is 31.1 Å². The van der Waals surface area contributed by atoms with Gasteiger partial charge in [-0.05, 0) is 0 Å². The summed E-state index contributed by atoms with van der Waals surface area (Å²) in [5.41, 5.74) is -5.41. The normalized spacial score (nSPS) is 12.9. The zero-order valence-electron chi connectivity index (χ0n) is 8.04. The Balaban J connectivity index is 4.92. The Hall–Kier alpha value is -0.830. The predicted octanol–water partition coefficient (Wildman–Crippen LogP) is 0.331. The molecule has 0 spiro atoms. The van der Waals surface area contributed by atoms with Crippen LogP contribution in [0.5, 0.6) is 0 Å². The molecule has 15 heavy (non-hydrogen) atoms. The average Bonchev–Trinajstić information content (AvgIpc) is 2.11. The molecule has 0 fully saturated rings. The molecule has 0 unspecified atom stereocenters. The Morgan fingerprint density at radius 3 is 2.13 bits per heavy atom. The first kappa shape index (κ1) is 14.2. The highest BCUT2D eigenvalue weighted by Crippen LogP contribution is 2.26. The number of sulfonamides is 1. The van der Waals surface area contributed by atoms with Crippen molar-refractivity contribution >= 4 is 16.0 Å². The van der Waals surface area contributed by atoms with Gasteiger partial charge in [-0.25, -0.2) is 8.42 Å². The Morgan fingerprint density at radius 2 is 1.87 bits per heavy atom. The fraction of sp³-hybridized carbons (Fsp3) is 0.833. The van der Waals surface area contributed by atoms with Crippen molar-refractivity contribution in [1.82, 2.24) is 4.31 Å². The summed E-state index contributed by atoms with van der Waals surface area (Å²) in [5, 5.41) is 0. The van der Waals surface area contributed by atoms with E-state index in [1.807, 2.05) is 0 Å². The zero-order chi connectivity index (χ0) is 12.3. The largest absolute Gasteiger partial charge is 0.511 e. The lowest BCUT2D eigenvalue weighted by atomic mass is 10.6. The average molecular weight is 249 g/mol. The van der Waals surface area contributed by atoms with Crippen molar-refractivity contribution in [3.63, 3.8) is 0 Å². The van der Waals surface area contributed by atoms with Gasteiger partial charge in [0.1, 0.15) is 6.54 Å². The molecule has 0 aromatic rings. The molecule has 5 nitrogen and oxygen atoms in total. The van der Waals surface area contributed by atoms with Crippen molar-refractivity contribution in [3.8, 4) is 0 Å². The predicted molar refractivity (Wildman–Crippen MR) is 44.2 cm³/mol. The van der Waals surface area contributed by atoms with Gasteiger partial charge in [0.25, 0.3) is 0 Å². The number of ether oxygens (including phenoxy) is 1. The quantitative estimate of drug-likeness (QED) is 0.673. The fourth-order valence-electron chi connectivity index (χ4n) is 0.722. The van der Waals surface area contributed by atoms with Crippen LogP contribution in [0.4, 0.5) is 13.2 Å². The number of carbonyl (C=O) groups excluding carboxylic acids is 1. The van der Waals surface area contributed by atoms with Crippen molar-refractivity contribution in [2.24, 2.45) is 0 Å². The molecule has 0 aromatic carbocycles. The molecule has 9 heteroatoms. The van der Waals surface area contributed by atoms with Gasteiger partial charge in [0.05, 0.1) is 7.11 Å². The van der Waals surface area contributed by atoms with Crippen LogP contribution in [0.15, 0.2) is 0 Å². The van der Waals surface area contributed by atoms with Crippen LogP contribution >= 0.6 is 0 Å². The topological polar surface area (TPSA) is 63.7 Å². The second-order valence-electron chi connectivity index (χ2n) is 2.45. The number of alkyl halides is 3. The molecule has 0 aliphatic carbocycles. The second-order valence-corrected chi connectivity index (χ2v) is 4.38. The summed E-state index contributed by atoms with van der Waals surface area (Å²) in [6.07, 6.45) is 0. The number of likely N-dealkylation sites (N-methyl/N-ethyl adjacent to an activating group) is 1. The number of nitrogens with zero attached hydrogens (tertiary/aromatic N) is 1. The number of esters is 1. The molecule has 90 valence electrons. The Labute approximate surface area is 84.9 Å². The third-order valence-electron chi connectivity index (χ3n) is 1.52. The van der Waals surface area contributed by atoms with Crippen LogP contribution < -0.4 is 0 Å². The van der Waals surface area contributed by atoms with E-state index in [1.54, 1.807) is 0 Å². The van der Waals surface area contributed by atoms with Gasteiger partial charge in [-0.2, -0.15) is 17.5 Å². The zero-order valence-corrected chi connectivity index (χ0v) is 8.85. The molecule has 0 N–H and O–H groups in total. The minimum Gasteiger partial charge on any atom is -0.468 e. The molecule has 0 heterocycles. The monoisotopic (exact) mass is 249 g/mol. The van der Waals surface area contributed by atoms with E-state index in [-0.39, 0.29) is 4.31 Å². The van der Waals surface area contributed by atoms with Crippen molar-refractivity contribution in [2.45, 2.75) is 12.4 Å². The van der Waals surface area contributed by atoms with Crippen molar-refractivity contribution in [1.29, 1.82) is 0 Å². The van der Waals surface area contributed by atoms with Gasteiger partial charge in [-0.1, -0.05) is 6.92 Å². The molecule has 0 saturated carbocycles. The van der Waals surface area contributed by atoms with Crippen LogP contribution in [0.25, 0.3) is 0 Å². The summed E-state index contributed by atoms with van der Waals surface area (Å²) in [6, 6.07) is 0. The number of hydrogen-bond acceptors (Lipinski definition) is 4. The molecule has 0 aliphatic heterocycles. The van der Waals surface area contributed by atoms with Gasteiger partial charge in [0, 0.05) is 6.54 Å². The number of rotatable bonds is 4. The highest BCUT2D eigenvalue weighted by Gasteiger charge is 2.49. The van der Waals surface area contributed by atoms with E-state index < -0.39 is 34.6 Å². The summed E-state index contributed by atoms with van der Waals surface area (Å²) in [4.78, 5) is 10.7. The van der Waals surface area contributed by atoms with Crippen LogP contribution in [0.2, 0.25) is 0 Å². The van der Waals surface area contributed by atoms with Gasteiger partial charge in [0.15, 0.2) is 0 Å². The lowest BCUT2D eigenvalue weighted by Crippen LogP contribution is -2.43. The molecule has 0 aromatic heterocycles. The maximum Gasteiger partial charge on any atom is 0.511 e. The smallest absolute Gasteiger partial charge is 0.468 e. The number of methoxy groups -OCH3 is 1. The minimum atomic E-state index is -5.46. The Kier molecular flexibility index (Phi) is 4.53. The fourth-order valence-corrected chi connectivity index (χ4v) is 1.63. The van der Waals surface area contributed by atoms with E-state index >= 15 is 0 Å². The van der Waals surface area contributed by atoms with Gasteiger partial charge < -0.3 is 4.74 Å². The van der Waals surface area contributed by atoms with Crippen molar-refractivity contribution in [3.05, 3.63) is 0 Å². The molecule has 0 radical (unpaired) electrons. The highest BCUT2D eigenvalue weighted by atomic mass is 32.2. The maximum absolute atomic E-state index is 12.0. The van der Waals surface area contributed by atoms with Crippen LogP contribution in [0.3, 0.4) is 0 Å². The number of carbonyl (C=O) groups is 1. The summed E-state index contributed by atoms with van der Waals surface area (Å²) < 4.78 is 61.9. The summed E-state index contributed by atoms with van der Waals surface area (Å²) in [7, 11) is -4.51. The minimum absolute atomic E-state index is 0.00116. The first-order valence-electron chi connectivity index (χ1n) is 3.80. The lowest BCUT2D eigenvalue weighted by Gasteiger charge is -2.20. The van der Waals surface area contributed by atoms with Crippen LogP contribution in [0.1, 0.15) is 6.92 Å². The maximum atomic E-state index is 12.0. The molecule has 0 atom stereocenters. The molecule has 0 rings (SSSR count).